The number of amides is 1. The molecule has 0 bridgehead atoms. The molecule has 0 radical (unpaired) electrons. The Hall–Kier alpha value is -2.68. The summed E-state index contributed by atoms with van der Waals surface area (Å²) >= 11 is 0. The van der Waals surface area contributed by atoms with Crippen molar-refractivity contribution in [1.29, 1.82) is 0 Å². The van der Waals surface area contributed by atoms with Gasteiger partial charge in [0.2, 0.25) is 0 Å². The Morgan fingerprint density at radius 1 is 1.28 bits per heavy atom. The lowest BCUT2D eigenvalue weighted by Gasteiger charge is -2.33. The van der Waals surface area contributed by atoms with Crippen molar-refractivity contribution in [3.05, 3.63) is 42.1 Å². The number of hydrogen-bond donors (Lipinski definition) is 1. The molecule has 0 aromatic carbocycles. The van der Waals surface area contributed by atoms with Crippen LogP contribution in [0, 0.1) is 11.8 Å². The highest BCUT2D eigenvalue weighted by molar-refractivity contribution is 7.90. The number of sulfonamides is 1. The molecular weight excluding hydrogens is 426 g/mol. The van der Waals surface area contributed by atoms with Crippen LogP contribution in [0.2, 0.25) is 0 Å². The molecule has 1 unspecified atom stereocenters. The highest BCUT2D eigenvalue weighted by Crippen LogP contribution is 2.37. The second kappa shape index (κ2) is 9.05. The maximum atomic E-state index is 13.1. The summed E-state index contributed by atoms with van der Waals surface area (Å²) in [6.45, 7) is 12.0. The van der Waals surface area contributed by atoms with Crippen LogP contribution in [0.1, 0.15) is 51.4 Å². The molecule has 174 valence electrons. The van der Waals surface area contributed by atoms with Gasteiger partial charge in [-0.15, -0.1) is 0 Å². The van der Waals surface area contributed by atoms with E-state index in [4.69, 9.17) is 0 Å². The number of carbonyl (C=O) groups excluding carboxylic acids is 1. The quantitative estimate of drug-likeness (QED) is 0.679. The van der Waals surface area contributed by atoms with Crippen LogP contribution < -0.4 is 14.5 Å². The third-order valence-corrected chi connectivity index (χ3v) is 6.83. The molecule has 0 spiro atoms. The van der Waals surface area contributed by atoms with Crippen LogP contribution in [0.25, 0.3) is 0 Å². The van der Waals surface area contributed by atoms with Gasteiger partial charge in [0.15, 0.2) is 5.03 Å². The van der Waals surface area contributed by atoms with Crippen molar-refractivity contribution in [2.75, 3.05) is 29.9 Å². The Balaban J connectivity index is 1.87. The van der Waals surface area contributed by atoms with E-state index in [-0.39, 0.29) is 16.1 Å². The van der Waals surface area contributed by atoms with Gasteiger partial charge in [0.1, 0.15) is 11.6 Å². The molecule has 3 heterocycles. The van der Waals surface area contributed by atoms with E-state index in [1.807, 2.05) is 11.9 Å². The molecular formula is C23H33N5O3S. The molecule has 2 aromatic rings. The van der Waals surface area contributed by atoms with Crippen LogP contribution in [0.5, 0.6) is 0 Å². The zero-order chi connectivity index (χ0) is 23.7. The fraction of sp³-hybridized carbons (Fsp3) is 0.522. The predicted molar refractivity (Wildman–Crippen MR) is 126 cm³/mol. The molecule has 1 aliphatic heterocycles. The standard InChI is InChI=1S/C23H33N5O3S/c1-16(2)14-27(6)19-10-7-11-20(25-19)32(30,31)26-22(29)18-9-8-12-24-21(18)28-15-17(3)13-23(28,4)5/h7-12,16-17H,13-15H2,1-6H3,(H,26,29). The number of anilines is 2. The van der Waals surface area contributed by atoms with Gasteiger partial charge in [0, 0.05) is 31.9 Å². The molecule has 1 saturated heterocycles. The zero-order valence-electron chi connectivity index (χ0n) is 19.7. The van der Waals surface area contributed by atoms with Gasteiger partial charge in [0.05, 0.1) is 5.56 Å². The van der Waals surface area contributed by atoms with Gasteiger partial charge >= 0.3 is 0 Å². The highest BCUT2D eigenvalue weighted by Gasteiger charge is 2.39. The fourth-order valence-corrected chi connectivity index (χ4v) is 5.32. The minimum absolute atomic E-state index is 0.182. The van der Waals surface area contributed by atoms with E-state index in [1.165, 1.54) is 6.07 Å². The number of aromatic nitrogens is 2. The van der Waals surface area contributed by atoms with Gasteiger partial charge in [0.25, 0.3) is 15.9 Å². The van der Waals surface area contributed by atoms with Crippen molar-refractivity contribution < 1.29 is 13.2 Å². The summed E-state index contributed by atoms with van der Waals surface area (Å²) in [6, 6.07) is 8.00. The first kappa shape index (κ1) is 24.0. The van der Waals surface area contributed by atoms with Crippen LogP contribution in [0.3, 0.4) is 0 Å². The Morgan fingerprint density at radius 3 is 2.62 bits per heavy atom. The average Bonchev–Trinajstić information content (AvgIpc) is 2.99. The second-order valence-corrected chi connectivity index (χ2v) is 11.3. The van der Waals surface area contributed by atoms with E-state index in [9.17, 15) is 13.2 Å². The third-order valence-electron chi connectivity index (χ3n) is 5.60. The van der Waals surface area contributed by atoms with Crippen molar-refractivity contribution >= 4 is 27.6 Å². The smallest absolute Gasteiger partial charge is 0.281 e. The lowest BCUT2D eigenvalue weighted by atomic mass is 9.97. The molecule has 3 rings (SSSR count). The Morgan fingerprint density at radius 2 is 2.00 bits per heavy atom. The second-order valence-electron chi connectivity index (χ2n) is 9.65. The van der Waals surface area contributed by atoms with Crippen molar-refractivity contribution in [1.82, 2.24) is 14.7 Å². The molecule has 0 saturated carbocycles. The normalized spacial score (nSPS) is 18.1. The van der Waals surface area contributed by atoms with Gasteiger partial charge in [-0.05, 0) is 56.4 Å². The van der Waals surface area contributed by atoms with Gasteiger partial charge in [-0.1, -0.05) is 26.8 Å². The van der Waals surface area contributed by atoms with E-state index in [0.29, 0.717) is 23.5 Å². The van der Waals surface area contributed by atoms with E-state index >= 15 is 0 Å². The topological polar surface area (TPSA) is 95.5 Å². The number of nitrogens with one attached hydrogen (secondary N) is 1. The summed E-state index contributed by atoms with van der Waals surface area (Å²) in [5.41, 5.74) is 0.0461. The Labute approximate surface area is 191 Å². The SMILES string of the molecule is CC(C)CN(C)c1cccc(S(=O)(=O)NC(=O)c2cccnc2N2CC(C)CC2(C)C)n1. The van der Waals surface area contributed by atoms with Crippen molar-refractivity contribution in [2.24, 2.45) is 11.8 Å². The van der Waals surface area contributed by atoms with Crippen LogP contribution in [0.4, 0.5) is 11.6 Å². The molecule has 0 aliphatic carbocycles. The summed E-state index contributed by atoms with van der Waals surface area (Å²) in [5, 5.41) is -0.195. The van der Waals surface area contributed by atoms with E-state index in [1.54, 1.807) is 30.5 Å². The molecule has 1 atom stereocenters. The fourth-order valence-electron chi connectivity index (χ4n) is 4.39. The summed E-state index contributed by atoms with van der Waals surface area (Å²) < 4.78 is 28.1. The summed E-state index contributed by atoms with van der Waals surface area (Å²) in [5.74, 6) is 1.15. The minimum Gasteiger partial charge on any atom is -0.359 e. The highest BCUT2D eigenvalue weighted by atomic mass is 32.2. The molecule has 9 heteroatoms. The minimum atomic E-state index is -4.16. The van der Waals surface area contributed by atoms with Crippen LogP contribution in [0.15, 0.2) is 41.6 Å². The zero-order valence-corrected chi connectivity index (χ0v) is 20.5. The molecule has 1 amide bonds. The van der Waals surface area contributed by atoms with Crippen LogP contribution >= 0.6 is 0 Å². The summed E-state index contributed by atoms with van der Waals surface area (Å²) in [7, 11) is -2.30. The van der Waals surface area contributed by atoms with Gasteiger partial charge in [-0.25, -0.2) is 14.7 Å². The van der Waals surface area contributed by atoms with E-state index in [0.717, 1.165) is 19.5 Å². The molecule has 32 heavy (non-hydrogen) atoms. The predicted octanol–water partition coefficient (Wildman–Crippen LogP) is 3.31. The lowest BCUT2D eigenvalue weighted by Crippen LogP contribution is -2.41. The maximum Gasteiger partial charge on any atom is 0.281 e. The van der Waals surface area contributed by atoms with Crippen molar-refractivity contribution in [2.45, 2.75) is 51.6 Å². The number of hydrogen-bond acceptors (Lipinski definition) is 7. The average molecular weight is 460 g/mol. The maximum absolute atomic E-state index is 13.1. The number of rotatable bonds is 7. The van der Waals surface area contributed by atoms with Crippen molar-refractivity contribution in [3.63, 3.8) is 0 Å². The first-order chi connectivity index (χ1) is 14.9. The largest absolute Gasteiger partial charge is 0.359 e. The van der Waals surface area contributed by atoms with Gasteiger partial charge in [-0.2, -0.15) is 8.42 Å². The van der Waals surface area contributed by atoms with E-state index in [2.05, 4.69) is 54.2 Å². The summed E-state index contributed by atoms with van der Waals surface area (Å²) in [4.78, 5) is 25.7. The lowest BCUT2D eigenvalue weighted by molar-refractivity contribution is 0.0981. The van der Waals surface area contributed by atoms with E-state index < -0.39 is 15.9 Å². The van der Waals surface area contributed by atoms with Crippen molar-refractivity contribution in [3.8, 4) is 0 Å². The molecule has 1 N–H and O–H groups in total. The molecule has 2 aromatic heterocycles. The number of nitrogens with zero attached hydrogens (tertiary/aromatic N) is 4. The van der Waals surface area contributed by atoms with Crippen LogP contribution in [-0.2, 0) is 10.0 Å². The molecule has 1 fully saturated rings. The van der Waals surface area contributed by atoms with Gasteiger partial charge in [-0.3, -0.25) is 4.79 Å². The molecule has 1 aliphatic rings. The Kier molecular flexibility index (Phi) is 6.78. The Bertz CT molecular complexity index is 1080. The number of pyridine rings is 2. The summed E-state index contributed by atoms with van der Waals surface area (Å²) in [6.07, 6.45) is 2.58. The number of carbonyl (C=O) groups is 1. The monoisotopic (exact) mass is 459 g/mol. The third kappa shape index (κ3) is 5.20. The first-order valence-corrected chi connectivity index (χ1v) is 12.4. The first-order valence-electron chi connectivity index (χ1n) is 10.9. The molecule has 8 nitrogen and oxygen atoms in total. The van der Waals surface area contributed by atoms with Crippen LogP contribution in [-0.4, -0.2) is 50.0 Å². The van der Waals surface area contributed by atoms with Gasteiger partial charge < -0.3 is 9.80 Å².